The minimum atomic E-state index is -0.821. The van der Waals surface area contributed by atoms with Crippen LogP contribution in [0, 0.1) is 6.92 Å². The summed E-state index contributed by atoms with van der Waals surface area (Å²) < 4.78 is 7.28. The van der Waals surface area contributed by atoms with Gasteiger partial charge in [-0.25, -0.2) is 4.79 Å². The number of hydrogen-bond donors (Lipinski definition) is 1. The molecule has 0 fully saturated rings. The minimum absolute atomic E-state index is 0.487. The third kappa shape index (κ3) is 2.20. The van der Waals surface area contributed by atoms with Gasteiger partial charge in [0.2, 0.25) is 0 Å². The van der Waals surface area contributed by atoms with Crippen LogP contribution in [0.3, 0.4) is 0 Å². The third-order valence-electron chi connectivity index (χ3n) is 4.25. The number of methoxy groups -OCH3 is 1. The van der Waals surface area contributed by atoms with Crippen molar-refractivity contribution < 1.29 is 14.6 Å². The van der Waals surface area contributed by atoms with Crippen molar-refractivity contribution in [3.63, 3.8) is 0 Å². The summed E-state index contributed by atoms with van der Waals surface area (Å²) in [5.74, 6) is -0.0196. The van der Waals surface area contributed by atoms with Gasteiger partial charge in [0.25, 0.3) is 0 Å². The van der Waals surface area contributed by atoms with Gasteiger partial charge >= 0.3 is 5.97 Å². The third-order valence-corrected chi connectivity index (χ3v) is 4.25. The van der Waals surface area contributed by atoms with Crippen LogP contribution in [0.15, 0.2) is 24.3 Å². The highest BCUT2D eigenvalue weighted by molar-refractivity contribution is 5.92. The van der Waals surface area contributed by atoms with Gasteiger partial charge in [0.15, 0.2) is 0 Å². The Morgan fingerprint density at radius 3 is 2.48 bits per heavy atom. The van der Waals surface area contributed by atoms with E-state index in [0.717, 1.165) is 54.1 Å². The first kappa shape index (κ1) is 13.7. The molecule has 0 amide bonds. The maximum atomic E-state index is 11.6. The molecule has 2 aromatic rings. The number of aromatic nitrogens is 1. The van der Waals surface area contributed by atoms with Gasteiger partial charge in [0, 0.05) is 17.1 Å². The average molecular weight is 285 g/mol. The number of ether oxygens (including phenoxy) is 1. The van der Waals surface area contributed by atoms with E-state index < -0.39 is 5.97 Å². The zero-order valence-electron chi connectivity index (χ0n) is 12.3. The van der Waals surface area contributed by atoms with Gasteiger partial charge in [0.05, 0.1) is 12.7 Å². The lowest BCUT2D eigenvalue weighted by molar-refractivity contribution is 0.0695. The molecule has 0 bridgehead atoms. The molecule has 0 atom stereocenters. The minimum Gasteiger partial charge on any atom is -0.497 e. The highest BCUT2D eigenvalue weighted by Crippen LogP contribution is 2.32. The molecule has 1 aliphatic rings. The van der Waals surface area contributed by atoms with Crippen molar-refractivity contribution in [3.8, 4) is 11.4 Å². The number of carboxylic acids is 1. The van der Waals surface area contributed by atoms with Crippen molar-refractivity contribution in [3.05, 3.63) is 46.8 Å². The Morgan fingerprint density at radius 1 is 1.19 bits per heavy atom. The molecule has 0 unspecified atom stereocenters. The molecule has 1 aliphatic carbocycles. The second kappa shape index (κ2) is 5.28. The van der Waals surface area contributed by atoms with E-state index in [9.17, 15) is 9.90 Å². The van der Waals surface area contributed by atoms with Gasteiger partial charge in [-0.15, -0.1) is 0 Å². The molecule has 1 heterocycles. The van der Waals surface area contributed by atoms with Crippen molar-refractivity contribution in [1.29, 1.82) is 0 Å². The Bertz CT molecular complexity index is 683. The summed E-state index contributed by atoms with van der Waals surface area (Å²) >= 11 is 0. The number of nitrogens with zero attached hydrogens (tertiary/aromatic N) is 1. The van der Waals surface area contributed by atoms with E-state index in [1.165, 1.54) is 0 Å². The average Bonchev–Trinajstić information content (AvgIpc) is 2.79. The summed E-state index contributed by atoms with van der Waals surface area (Å²) in [7, 11) is 1.64. The summed E-state index contributed by atoms with van der Waals surface area (Å²) in [6.45, 7) is 1.89. The fraction of sp³-hybridized carbons (Fsp3) is 0.353. The second-order valence-corrected chi connectivity index (χ2v) is 5.43. The summed E-state index contributed by atoms with van der Waals surface area (Å²) in [6, 6.07) is 7.77. The number of benzene rings is 1. The van der Waals surface area contributed by atoms with E-state index in [2.05, 4.69) is 4.57 Å². The molecule has 1 aromatic heterocycles. The van der Waals surface area contributed by atoms with E-state index in [-0.39, 0.29) is 0 Å². The molecule has 110 valence electrons. The highest BCUT2D eigenvalue weighted by Gasteiger charge is 2.26. The van der Waals surface area contributed by atoms with Crippen LogP contribution in [0.2, 0.25) is 0 Å². The SMILES string of the molecule is COc1ccc(-n2c(C)c(C(=O)O)c3c2CCCC3)cc1. The lowest BCUT2D eigenvalue weighted by Gasteiger charge is -2.16. The molecule has 0 spiro atoms. The summed E-state index contributed by atoms with van der Waals surface area (Å²) in [6.07, 6.45) is 3.99. The predicted octanol–water partition coefficient (Wildman–Crippen LogP) is 3.37. The summed E-state index contributed by atoms with van der Waals surface area (Å²) in [4.78, 5) is 11.6. The van der Waals surface area contributed by atoms with Crippen LogP contribution in [0.1, 0.15) is 40.2 Å². The molecular weight excluding hydrogens is 266 g/mol. The van der Waals surface area contributed by atoms with Gasteiger partial charge in [-0.1, -0.05) is 0 Å². The largest absolute Gasteiger partial charge is 0.497 e. The summed E-state index contributed by atoms with van der Waals surface area (Å²) in [5.41, 5.74) is 4.47. The Labute approximate surface area is 124 Å². The Balaban J connectivity index is 2.19. The first-order chi connectivity index (χ1) is 10.1. The Morgan fingerprint density at radius 2 is 1.86 bits per heavy atom. The van der Waals surface area contributed by atoms with Gasteiger partial charge < -0.3 is 14.4 Å². The fourth-order valence-electron chi connectivity index (χ4n) is 3.30. The van der Waals surface area contributed by atoms with Gasteiger partial charge in [0.1, 0.15) is 5.75 Å². The molecule has 0 radical (unpaired) electrons. The second-order valence-electron chi connectivity index (χ2n) is 5.43. The lowest BCUT2D eigenvalue weighted by atomic mass is 9.94. The van der Waals surface area contributed by atoms with Gasteiger partial charge in [-0.2, -0.15) is 0 Å². The number of rotatable bonds is 3. The number of aromatic carboxylic acids is 1. The zero-order valence-corrected chi connectivity index (χ0v) is 12.3. The monoisotopic (exact) mass is 285 g/mol. The quantitative estimate of drug-likeness (QED) is 0.940. The predicted molar refractivity (Wildman–Crippen MR) is 80.7 cm³/mol. The van der Waals surface area contributed by atoms with E-state index in [0.29, 0.717) is 5.56 Å². The smallest absolute Gasteiger partial charge is 0.337 e. The number of carboxylic acid groups (broad SMARTS) is 1. The molecule has 0 saturated heterocycles. The standard InChI is InChI=1S/C17H19NO3/c1-11-16(17(19)20)14-5-3-4-6-15(14)18(11)12-7-9-13(21-2)10-8-12/h7-10H,3-6H2,1-2H3,(H,19,20). The first-order valence-corrected chi connectivity index (χ1v) is 7.24. The van der Waals surface area contributed by atoms with E-state index in [1.54, 1.807) is 7.11 Å². The van der Waals surface area contributed by atoms with Crippen LogP contribution in [0.4, 0.5) is 0 Å². The van der Waals surface area contributed by atoms with Crippen LogP contribution in [0.5, 0.6) is 5.75 Å². The number of hydrogen-bond acceptors (Lipinski definition) is 2. The van der Waals surface area contributed by atoms with E-state index >= 15 is 0 Å². The zero-order chi connectivity index (χ0) is 15.0. The van der Waals surface area contributed by atoms with Crippen molar-refractivity contribution in [1.82, 2.24) is 4.57 Å². The lowest BCUT2D eigenvalue weighted by Crippen LogP contribution is -2.08. The Hall–Kier alpha value is -2.23. The topological polar surface area (TPSA) is 51.5 Å². The Kier molecular flexibility index (Phi) is 3.45. The first-order valence-electron chi connectivity index (χ1n) is 7.24. The van der Waals surface area contributed by atoms with Crippen LogP contribution in [-0.2, 0) is 12.8 Å². The maximum Gasteiger partial charge on any atom is 0.337 e. The number of carbonyl (C=O) groups is 1. The molecule has 4 nitrogen and oxygen atoms in total. The van der Waals surface area contributed by atoms with Crippen molar-refractivity contribution >= 4 is 5.97 Å². The molecule has 21 heavy (non-hydrogen) atoms. The fourth-order valence-corrected chi connectivity index (χ4v) is 3.30. The van der Waals surface area contributed by atoms with Crippen molar-refractivity contribution in [2.45, 2.75) is 32.6 Å². The molecule has 0 aliphatic heterocycles. The molecular formula is C17H19NO3. The van der Waals surface area contributed by atoms with Gasteiger partial charge in [-0.3, -0.25) is 0 Å². The maximum absolute atomic E-state index is 11.6. The van der Waals surface area contributed by atoms with Gasteiger partial charge in [-0.05, 0) is 62.4 Å². The van der Waals surface area contributed by atoms with E-state index in [1.807, 2.05) is 31.2 Å². The highest BCUT2D eigenvalue weighted by atomic mass is 16.5. The van der Waals surface area contributed by atoms with Crippen LogP contribution in [-0.4, -0.2) is 22.8 Å². The van der Waals surface area contributed by atoms with Crippen molar-refractivity contribution in [2.75, 3.05) is 7.11 Å². The normalized spacial score (nSPS) is 13.8. The van der Waals surface area contributed by atoms with E-state index in [4.69, 9.17) is 4.74 Å². The number of fused-ring (bicyclic) bond motifs is 1. The molecule has 1 N–H and O–H groups in total. The molecule has 0 saturated carbocycles. The summed E-state index contributed by atoms with van der Waals surface area (Å²) in [5, 5.41) is 9.53. The van der Waals surface area contributed by atoms with Crippen LogP contribution >= 0.6 is 0 Å². The molecule has 3 rings (SSSR count). The van der Waals surface area contributed by atoms with Crippen molar-refractivity contribution in [2.24, 2.45) is 0 Å². The molecule has 4 heteroatoms. The van der Waals surface area contributed by atoms with Crippen LogP contribution in [0.25, 0.3) is 5.69 Å². The molecule has 1 aromatic carbocycles. The van der Waals surface area contributed by atoms with Crippen LogP contribution < -0.4 is 4.74 Å².